The second kappa shape index (κ2) is 6.54. The van der Waals surface area contributed by atoms with Gasteiger partial charge in [0.05, 0.1) is 6.54 Å². The highest BCUT2D eigenvalue weighted by molar-refractivity contribution is 5.85. The maximum absolute atomic E-state index is 5.19. The number of nitrogens with zero attached hydrogens (tertiary/aromatic N) is 1. The van der Waals surface area contributed by atoms with Gasteiger partial charge in [-0.15, -0.1) is 18.8 Å². The molecule has 0 aliphatic heterocycles. The van der Waals surface area contributed by atoms with Gasteiger partial charge in [-0.25, -0.2) is 0 Å². The summed E-state index contributed by atoms with van der Waals surface area (Å²) in [4.78, 5) is 2.11. The normalized spacial score (nSPS) is 9.00. The van der Waals surface area contributed by atoms with Gasteiger partial charge in [-0.05, 0) is 12.6 Å². The molecule has 2 heteroatoms. The fraction of sp³-hybridized carbons (Fsp3) is 0.273. The van der Waals surface area contributed by atoms with Crippen LogP contribution in [0.4, 0.5) is 0 Å². The molecule has 0 aliphatic rings. The molecule has 0 bridgehead atoms. The van der Waals surface area contributed by atoms with Gasteiger partial charge in [-0.1, -0.05) is 36.3 Å². The number of benzene rings is 1. The molecule has 0 spiro atoms. The third-order valence-corrected chi connectivity index (χ3v) is 1.66. The summed E-state index contributed by atoms with van der Waals surface area (Å²) in [6.45, 7) is 1.62. The Hall–Kier alpha value is -0.970. The van der Waals surface area contributed by atoms with E-state index in [1.807, 2.05) is 25.2 Å². The fourth-order valence-corrected chi connectivity index (χ4v) is 1.11. The molecule has 1 aromatic carbocycles. The SMILES string of the molecule is C#CCN(C)Cc1ccccc1.Cl. The topological polar surface area (TPSA) is 3.24 Å². The van der Waals surface area contributed by atoms with Crippen LogP contribution in [0.3, 0.4) is 0 Å². The van der Waals surface area contributed by atoms with Crippen molar-refractivity contribution in [3.05, 3.63) is 35.9 Å². The van der Waals surface area contributed by atoms with Gasteiger partial charge < -0.3 is 0 Å². The van der Waals surface area contributed by atoms with Crippen LogP contribution in [-0.4, -0.2) is 18.5 Å². The lowest BCUT2D eigenvalue weighted by molar-refractivity contribution is 0.369. The Kier molecular flexibility index (Phi) is 6.05. The van der Waals surface area contributed by atoms with Crippen molar-refractivity contribution in [2.24, 2.45) is 0 Å². The molecule has 0 aromatic heterocycles. The zero-order valence-corrected chi connectivity index (χ0v) is 8.55. The highest BCUT2D eigenvalue weighted by atomic mass is 35.5. The minimum Gasteiger partial charge on any atom is -0.291 e. The fourth-order valence-electron chi connectivity index (χ4n) is 1.11. The van der Waals surface area contributed by atoms with Gasteiger partial charge >= 0.3 is 0 Å². The molecule has 0 saturated carbocycles. The molecule has 70 valence electrons. The van der Waals surface area contributed by atoms with Crippen molar-refractivity contribution in [2.45, 2.75) is 6.54 Å². The molecule has 0 radical (unpaired) electrons. The second-order valence-electron chi connectivity index (χ2n) is 2.86. The van der Waals surface area contributed by atoms with Crippen LogP contribution < -0.4 is 0 Å². The molecular weight excluding hydrogens is 182 g/mol. The van der Waals surface area contributed by atoms with Crippen LogP contribution in [0.2, 0.25) is 0 Å². The molecule has 0 N–H and O–H groups in total. The maximum Gasteiger partial charge on any atom is 0.0599 e. The third kappa shape index (κ3) is 4.57. The lowest BCUT2D eigenvalue weighted by Crippen LogP contribution is -2.17. The highest BCUT2D eigenvalue weighted by Crippen LogP contribution is 2.01. The monoisotopic (exact) mass is 195 g/mol. The lowest BCUT2D eigenvalue weighted by Gasteiger charge is -2.12. The third-order valence-electron chi connectivity index (χ3n) is 1.66. The first-order valence-electron chi connectivity index (χ1n) is 3.99. The van der Waals surface area contributed by atoms with Crippen LogP contribution in [0, 0.1) is 12.3 Å². The number of terminal acetylenes is 1. The Morgan fingerprint density at radius 2 is 1.92 bits per heavy atom. The molecule has 0 amide bonds. The smallest absolute Gasteiger partial charge is 0.0599 e. The zero-order chi connectivity index (χ0) is 8.81. The average molecular weight is 196 g/mol. The molecule has 1 rings (SSSR count). The van der Waals surface area contributed by atoms with E-state index in [1.54, 1.807) is 0 Å². The first-order chi connectivity index (χ1) is 5.83. The van der Waals surface area contributed by atoms with Gasteiger partial charge in [-0.2, -0.15) is 0 Å². The van der Waals surface area contributed by atoms with E-state index in [-0.39, 0.29) is 12.4 Å². The molecule has 1 nitrogen and oxygen atoms in total. The van der Waals surface area contributed by atoms with Crippen LogP contribution >= 0.6 is 12.4 Å². The summed E-state index contributed by atoms with van der Waals surface area (Å²) < 4.78 is 0. The average Bonchev–Trinajstić information content (AvgIpc) is 2.06. The van der Waals surface area contributed by atoms with E-state index in [2.05, 4.69) is 23.0 Å². The van der Waals surface area contributed by atoms with E-state index < -0.39 is 0 Å². The Labute approximate surface area is 86.2 Å². The van der Waals surface area contributed by atoms with E-state index in [4.69, 9.17) is 6.42 Å². The van der Waals surface area contributed by atoms with Crippen LogP contribution in [0.15, 0.2) is 30.3 Å². The van der Waals surface area contributed by atoms with Crippen LogP contribution in [0.1, 0.15) is 5.56 Å². The maximum atomic E-state index is 5.19. The Bertz CT molecular complexity index is 263. The summed E-state index contributed by atoms with van der Waals surface area (Å²) in [6, 6.07) is 10.3. The summed E-state index contributed by atoms with van der Waals surface area (Å²) in [6.07, 6.45) is 5.19. The predicted molar refractivity (Wildman–Crippen MR) is 58.9 cm³/mol. The van der Waals surface area contributed by atoms with Crippen molar-refractivity contribution >= 4 is 12.4 Å². The number of rotatable bonds is 3. The number of hydrogen-bond donors (Lipinski definition) is 0. The van der Waals surface area contributed by atoms with Crippen molar-refractivity contribution in [3.63, 3.8) is 0 Å². The van der Waals surface area contributed by atoms with Crippen LogP contribution in [0.25, 0.3) is 0 Å². The van der Waals surface area contributed by atoms with E-state index in [0.717, 1.165) is 6.54 Å². The first kappa shape index (κ1) is 12.0. The Balaban J connectivity index is 0.00000144. The number of hydrogen-bond acceptors (Lipinski definition) is 1. The molecule has 1 aromatic rings. The molecule has 13 heavy (non-hydrogen) atoms. The molecular formula is C11H14ClN. The summed E-state index contributed by atoms with van der Waals surface area (Å²) >= 11 is 0. The minimum absolute atomic E-state index is 0. The standard InChI is InChI=1S/C11H13N.ClH/c1-3-9-12(2)10-11-7-5-4-6-8-11;/h1,4-8H,9-10H2,2H3;1H. The minimum atomic E-state index is 0. The largest absolute Gasteiger partial charge is 0.291 e. The summed E-state index contributed by atoms with van der Waals surface area (Å²) in [7, 11) is 2.02. The Morgan fingerprint density at radius 3 is 2.46 bits per heavy atom. The van der Waals surface area contributed by atoms with Gasteiger partial charge in [0.2, 0.25) is 0 Å². The quantitative estimate of drug-likeness (QED) is 0.669. The van der Waals surface area contributed by atoms with Crippen molar-refractivity contribution in [2.75, 3.05) is 13.6 Å². The summed E-state index contributed by atoms with van der Waals surface area (Å²) in [5.41, 5.74) is 1.30. The Morgan fingerprint density at radius 1 is 1.31 bits per heavy atom. The molecule has 0 fully saturated rings. The summed E-state index contributed by atoms with van der Waals surface area (Å²) in [5.74, 6) is 2.61. The molecule has 0 unspecified atom stereocenters. The first-order valence-corrected chi connectivity index (χ1v) is 3.99. The van der Waals surface area contributed by atoms with E-state index >= 15 is 0 Å². The van der Waals surface area contributed by atoms with Gasteiger partial charge in [-0.3, -0.25) is 4.90 Å². The van der Waals surface area contributed by atoms with Crippen molar-refractivity contribution < 1.29 is 0 Å². The number of halogens is 1. The van der Waals surface area contributed by atoms with Gasteiger partial charge in [0.15, 0.2) is 0 Å². The molecule has 0 atom stereocenters. The van der Waals surface area contributed by atoms with E-state index in [9.17, 15) is 0 Å². The predicted octanol–water partition coefficient (Wildman–Crippen LogP) is 2.17. The van der Waals surface area contributed by atoms with Crippen molar-refractivity contribution in [3.8, 4) is 12.3 Å². The highest BCUT2D eigenvalue weighted by Gasteiger charge is 1.95. The second-order valence-corrected chi connectivity index (χ2v) is 2.86. The van der Waals surface area contributed by atoms with Crippen molar-refractivity contribution in [1.82, 2.24) is 4.90 Å². The van der Waals surface area contributed by atoms with Gasteiger partial charge in [0.25, 0.3) is 0 Å². The van der Waals surface area contributed by atoms with Gasteiger partial charge in [0, 0.05) is 6.54 Å². The van der Waals surface area contributed by atoms with E-state index in [1.165, 1.54) is 5.56 Å². The van der Waals surface area contributed by atoms with Crippen molar-refractivity contribution in [1.29, 1.82) is 0 Å². The molecule has 0 saturated heterocycles. The van der Waals surface area contributed by atoms with Gasteiger partial charge in [0.1, 0.15) is 0 Å². The molecule has 0 aliphatic carbocycles. The molecule has 0 heterocycles. The van der Waals surface area contributed by atoms with E-state index in [0.29, 0.717) is 6.54 Å². The van der Waals surface area contributed by atoms with Crippen LogP contribution in [-0.2, 0) is 6.54 Å². The zero-order valence-electron chi connectivity index (χ0n) is 7.73. The van der Waals surface area contributed by atoms with Crippen LogP contribution in [0.5, 0.6) is 0 Å². The summed E-state index contributed by atoms with van der Waals surface area (Å²) in [5, 5.41) is 0. The lowest BCUT2D eigenvalue weighted by atomic mass is 10.2.